The van der Waals surface area contributed by atoms with Crippen molar-refractivity contribution in [2.24, 2.45) is 11.3 Å². The third kappa shape index (κ3) is 3.65. The van der Waals surface area contributed by atoms with Gasteiger partial charge in [0.25, 0.3) is 0 Å². The van der Waals surface area contributed by atoms with Crippen LogP contribution < -0.4 is 5.32 Å². The van der Waals surface area contributed by atoms with Crippen molar-refractivity contribution in [1.29, 1.82) is 0 Å². The van der Waals surface area contributed by atoms with Crippen molar-refractivity contribution in [2.75, 3.05) is 0 Å². The summed E-state index contributed by atoms with van der Waals surface area (Å²) in [4.78, 5) is 24.2. The Hall–Kier alpha value is -1.35. The molecule has 0 aliphatic carbocycles. The molecule has 1 aromatic rings. The fourth-order valence-corrected chi connectivity index (χ4v) is 3.33. The average molecular weight is 308 g/mol. The summed E-state index contributed by atoms with van der Waals surface area (Å²) in [6.07, 6.45) is 2.22. The van der Waals surface area contributed by atoms with E-state index in [1.54, 1.807) is 6.07 Å². The van der Waals surface area contributed by atoms with E-state index in [0.29, 0.717) is 17.4 Å². The number of piperidine rings is 1. The van der Waals surface area contributed by atoms with E-state index in [4.69, 9.17) is 11.6 Å². The Morgan fingerprint density at radius 2 is 2.10 bits per heavy atom. The minimum absolute atomic E-state index is 0.176. The quantitative estimate of drug-likeness (QED) is 0.857. The van der Waals surface area contributed by atoms with Gasteiger partial charge in [-0.3, -0.25) is 14.9 Å². The van der Waals surface area contributed by atoms with E-state index in [0.717, 1.165) is 18.4 Å². The summed E-state index contributed by atoms with van der Waals surface area (Å²) in [5.41, 5.74) is 0.535. The Balaban J connectivity index is 2.37. The molecule has 0 spiro atoms. The lowest BCUT2D eigenvalue weighted by molar-refractivity contribution is -0.139. The van der Waals surface area contributed by atoms with Gasteiger partial charge in [-0.05, 0) is 35.4 Å². The van der Waals surface area contributed by atoms with Crippen molar-refractivity contribution in [3.8, 4) is 0 Å². The van der Waals surface area contributed by atoms with E-state index < -0.39 is 0 Å². The molecule has 2 amide bonds. The first-order valence-electron chi connectivity index (χ1n) is 7.41. The molecule has 21 heavy (non-hydrogen) atoms. The van der Waals surface area contributed by atoms with Gasteiger partial charge in [-0.2, -0.15) is 0 Å². The molecule has 1 heterocycles. The van der Waals surface area contributed by atoms with Gasteiger partial charge in [-0.1, -0.05) is 50.9 Å². The molecule has 2 atom stereocenters. The Labute approximate surface area is 131 Å². The normalized spacial score (nSPS) is 26.0. The van der Waals surface area contributed by atoms with Crippen LogP contribution in [0.5, 0.6) is 0 Å². The molecule has 0 radical (unpaired) electrons. The van der Waals surface area contributed by atoms with Gasteiger partial charge in [0.05, 0.1) is 5.92 Å². The van der Waals surface area contributed by atoms with E-state index in [2.05, 4.69) is 19.2 Å². The maximum absolute atomic E-state index is 12.4. The topological polar surface area (TPSA) is 46.2 Å². The number of nitrogens with one attached hydrogen (secondary N) is 1. The summed E-state index contributed by atoms with van der Waals surface area (Å²) in [6.45, 7) is 6.35. The highest BCUT2D eigenvalue weighted by molar-refractivity contribution is 6.30. The SMILES string of the molecule is CC(C)CCC1(C)CC(=O)NC(=O)C1c1cccc(Cl)c1. The second kappa shape index (κ2) is 6.18. The van der Waals surface area contributed by atoms with Crippen LogP contribution in [0.2, 0.25) is 5.02 Å². The molecule has 0 saturated carbocycles. The van der Waals surface area contributed by atoms with Gasteiger partial charge in [-0.15, -0.1) is 0 Å². The van der Waals surface area contributed by atoms with Crippen molar-refractivity contribution in [2.45, 2.75) is 46.0 Å². The molecule has 3 nitrogen and oxygen atoms in total. The third-order valence-electron chi connectivity index (χ3n) is 4.26. The summed E-state index contributed by atoms with van der Waals surface area (Å²) in [7, 11) is 0. The van der Waals surface area contributed by atoms with Crippen molar-refractivity contribution >= 4 is 23.4 Å². The summed E-state index contributed by atoms with van der Waals surface area (Å²) >= 11 is 6.06. The van der Waals surface area contributed by atoms with Crippen molar-refractivity contribution in [1.82, 2.24) is 5.32 Å². The molecule has 2 unspecified atom stereocenters. The van der Waals surface area contributed by atoms with E-state index in [1.807, 2.05) is 25.1 Å². The van der Waals surface area contributed by atoms with Crippen LogP contribution in [-0.2, 0) is 9.59 Å². The lowest BCUT2D eigenvalue weighted by Crippen LogP contribution is -2.49. The number of benzene rings is 1. The molecule has 1 N–H and O–H groups in total. The third-order valence-corrected chi connectivity index (χ3v) is 4.50. The number of amides is 2. The van der Waals surface area contributed by atoms with Crippen molar-refractivity contribution in [3.05, 3.63) is 34.9 Å². The first-order chi connectivity index (χ1) is 9.82. The predicted molar refractivity (Wildman–Crippen MR) is 84.1 cm³/mol. The van der Waals surface area contributed by atoms with Crippen LogP contribution in [0.4, 0.5) is 0 Å². The van der Waals surface area contributed by atoms with Crippen molar-refractivity contribution in [3.63, 3.8) is 0 Å². The Morgan fingerprint density at radius 3 is 2.71 bits per heavy atom. The maximum atomic E-state index is 12.4. The van der Waals surface area contributed by atoms with Crippen LogP contribution in [-0.4, -0.2) is 11.8 Å². The first-order valence-corrected chi connectivity index (χ1v) is 7.79. The number of imide groups is 1. The fourth-order valence-electron chi connectivity index (χ4n) is 3.13. The summed E-state index contributed by atoms with van der Waals surface area (Å²) in [5, 5.41) is 3.08. The molecular weight excluding hydrogens is 286 g/mol. The number of carbonyl (C=O) groups is 2. The highest BCUT2D eigenvalue weighted by atomic mass is 35.5. The Bertz CT molecular complexity index is 555. The smallest absolute Gasteiger partial charge is 0.234 e. The lowest BCUT2D eigenvalue weighted by atomic mass is 9.65. The van der Waals surface area contributed by atoms with Gasteiger partial charge < -0.3 is 0 Å². The monoisotopic (exact) mass is 307 g/mol. The lowest BCUT2D eigenvalue weighted by Gasteiger charge is -2.40. The number of carbonyl (C=O) groups excluding carboxylic acids is 2. The van der Waals surface area contributed by atoms with E-state index in [9.17, 15) is 9.59 Å². The molecule has 1 saturated heterocycles. The molecule has 1 aliphatic heterocycles. The van der Waals surface area contributed by atoms with Gasteiger partial charge in [0.15, 0.2) is 0 Å². The first kappa shape index (κ1) is 16.0. The molecule has 1 aromatic carbocycles. The molecule has 1 aliphatic rings. The minimum Gasteiger partial charge on any atom is -0.296 e. The predicted octanol–water partition coefficient (Wildman–Crippen LogP) is 3.91. The molecule has 2 rings (SSSR count). The van der Waals surface area contributed by atoms with Crippen LogP contribution in [0.15, 0.2) is 24.3 Å². The van der Waals surface area contributed by atoms with E-state index in [1.165, 1.54) is 0 Å². The zero-order chi connectivity index (χ0) is 15.6. The molecule has 1 fully saturated rings. The average Bonchev–Trinajstić information content (AvgIpc) is 2.35. The second-order valence-corrected chi connectivity index (χ2v) is 7.10. The summed E-state index contributed by atoms with van der Waals surface area (Å²) in [5.74, 6) is -0.168. The zero-order valence-corrected chi connectivity index (χ0v) is 13.5. The summed E-state index contributed by atoms with van der Waals surface area (Å²) < 4.78 is 0. The number of hydrogen-bond donors (Lipinski definition) is 1. The van der Waals surface area contributed by atoms with Gasteiger partial charge in [0.1, 0.15) is 0 Å². The molecule has 4 heteroatoms. The minimum atomic E-state index is -0.353. The maximum Gasteiger partial charge on any atom is 0.234 e. The largest absolute Gasteiger partial charge is 0.296 e. The van der Waals surface area contributed by atoms with Crippen LogP contribution in [0.1, 0.15) is 51.5 Å². The highest BCUT2D eigenvalue weighted by Crippen LogP contribution is 2.46. The number of hydrogen-bond acceptors (Lipinski definition) is 2. The van der Waals surface area contributed by atoms with Crippen molar-refractivity contribution < 1.29 is 9.59 Å². The second-order valence-electron chi connectivity index (χ2n) is 6.66. The molecule has 0 bridgehead atoms. The highest BCUT2D eigenvalue weighted by Gasteiger charge is 2.45. The number of rotatable bonds is 4. The van der Waals surface area contributed by atoms with Gasteiger partial charge >= 0.3 is 0 Å². The van der Waals surface area contributed by atoms with Crippen LogP contribution >= 0.6 is 11.6 Å². The van der Waals surface area contributed by atoms with Gasteiger partial charge in [-0.25, -0.2) is 0 Å². The van der Waals surface area contributed by atoms with Crippen LogP contribution in [0.25, 0.3) is 0 Å². The van der Waals surface area contributed by atoms with Gasteiger partial charge in [0.2, 0.25) is 11.8 Å². The van der Waals surface area contributed by atoms with Crippen LogP contribution in [0.3, 0.4) is 0 Å². The molecule has 114 valence electrons. The van der Waals surface area contributed by atoms with E-state index in [-0.39, 0.29) is 23.1 Å². The van der Waals surface area contributed by atoms with E-state index >= 15 is 0 Å². The fraction of sp³-hybridized carbons (Fsp3) is 0.529. The zero-order valence-electron chi connectivity index (χ0n) is 12.8. The Morgan fingerprint density at radius 1 is 1.38 bits per heavy atom. The standard InChI is InChI=1S/C17H22ClNO2/c1-11(2)7-8-17(3)10-14(20)19-16(21)15(17)12-5-4-6-13(18)9-12/h4-6,9,11,15H,7-8,10H2,1-3H3,(H,19,20,21). The molecule has 0 aromatic heterocycles. The summed E-state index contributed by atoms with van der Waals surface area (Å²) in [6, 6.07) is 7.39. The van der Waals surface area contributed by atoms with Crippen LogP contribution in [0, 0.1) is 11.3 Å². The van der Waals surface area contributed by atoms with Gasteiger partial charge in [0, 0.05) is 11.4 Å². The molecular formula is C17H22ClNO2. The Kier molecular flexibility index (Phi) is 4.72. The number of halogens is 1.